The SMILES string of the molecule is Cc1c(-c2[nH]c3ccc(N4CC5(C4)CN(C4CCOCC4)C5)nc3c2C(C)C)cn2ncnc2c1C. The quantitative estimate of drug-likeness (QED) is 0.464. The van der Waals surface area contributed by atoms with E-state index in [1.165, 1.54) is 42.6 Å². The number of hydrogen-bond acceptors (Lipinski definition) is 6. The summed E-state index contributed by atoms with van der Waals surface area (Å²) in [5.74, 6) is 1.44. The molecule has 7 heterocycles. The molecule has 3 aliphatic heterocycles. The number of nitrogens with one attached hydrogen (secondary N) is 1. The zero-order valence-corrected chi connectivity index (χ0v) is 21.7. The van der Waals surface area contributed by atoms with Gasteiger partial charge < -0.3 is 14.6 Å². The number of hydrogen-bond donors (Lipinski definition) is 1. The first-order valence-corrected chi connectivity index (χ1v) is 13.3. The molecule has 8 nitrogen and oxygen atoms in total. The van der Waals surface area contributed by atoms with Crippen molar-refractivity contribution in [1.82, 2.24) is 29.5 Å². The van der Waals surface area contributed by atoms with Gasteiger partial charge in [-0.05, 0) is 55.9 Å². The first-order chi connectivity index (χ1) is 17.4. The number of ether oxygens (including phenoxy) is 1. The molecule has 1 N–H and O–H groups in total. The van der Waals surface area contributed by atoms with E-state index in [1.54, 1.807) is 6.33 Å². The molecule has 36 heavy (non-hydrogen) atoms. The highest BCUT2D eigenvalue weighted by Crippen LogP contribution is 2.44. The van der Waals surface area contributed by atoms with Crippen LogP contribution in [0, 0.1) is 19.3 Å². The fraction of sp³-hybridized carbons (Fsp3) is 0.536. The molecule has 7 rings (SSSR count). The summed E-state index contributed by atoms with van der Waals surface area (Å²) in [6.45, 7) is 15.3. The van der Waals surface area contributed by atoms with Gasteiger partial charge >= 0.3 is 0 Å². The van der Waals surface area contributed by atoms with E-state index < -0.39 is 0 Å². The second kappa shape index (κ2) is 8.02. The van der Waals surface area contributed by atoms with Crippen LogP contribution in [0.25, 0.3) is 27.9 Å². The molecule has 188 valence electrons. The van der Waals surface area contributed by atoms with Crippen LogP contribution in [0.4, 0.5) is 5.82 Å². The van der Waals surface area contributed by atoms with Crippen molar-refractivity contribution in [2.24, 2.45) is 5.41 Å². The highest BCUT2D eigenvalue weighted by molar-refractivity contribution is 5.90. The lowest BCUT2D eigenvalue weighted by Crippen LogP contribution is -2.74. The number of aromatic nitrogens is 5. The van der Waals surface area contributed by atoms with Crippen LogP contribution in [-0.2, 0) is 4.74 Å². The van der Waals surface area contributed by atoms with E-state index in [0.29, 0.717) is 11.3 Å². The first-order valence-electron chi connectivity index (χ1n) is 13.3. The third-order valence-electron chi connectivity index (χ3n) is 8.80. The summed E-state index contributed by atoms with van der Waals surface area (Å²) < 4.78 is 7.43. The van der Waals surface area contributed by atoms with E-state index in [-0.39, 0.29) is 0 Å². The smallest absolute Gasteiger partial charge is 0.158 e. The van der Waals surface area contributed by atoms with Crippen molar-refractivity contribution >= 4 is 22.5 Å². The number of rotatable bonds is 4. The Morgan fingerprint density at radius 3 is 2.58 bits per heavy atom. The minimum absolute atomic E-state index is 0.338. The number of pyridine rings is 2. The van der Waals surface area contributed by atoms with E-state index in [1.807, 2.05) is 4.52 Å². The van der Waals surface area contributed by atoms with Gasteiger partial charge in [-0.25, -0.2) is 14.5 Å². The normalized spacial score (nSPS) is 20.5. The highest BCUT2D eigenvalue weighted by Gasteiger charge is 2.53. The van der Waals surface area contributed by atoms with Crippen LogP contribution in [0.1, 0.15) is 49.3 Å². The minimum Gasteiger partial charge on any atom is -0.381 e. The molecule has 0 bridgehead atoms. The van der Waals surface area contributed by atoms with Crippen LogP contribution in [0.3, 0.4) is 0 Å². The maximum Gasteiger partial charge on any atom is 0.158 e. The number of nitrogens with zero attached hydrogens (tertiary/aromatic N) is 6. The largest absolute Gasteiger partial charge is 0.381 e. The zero-order valence-electron chi connectivity index (χ0n) is 21.7. The van der Waals surface area contributed by atoms with Gasteiger partial charge in [0.1, 0.15) is 12.1 Å². The molecule has 0 saturated carbocycles. The Bertz CT molecular complexity index is 1450. The van der Waals surface area contributed by atoms with Crippen molar-refractivity contribution < 1.29 is 4.74 Å². The third kappa shape index (κ3) is 3.30. The summed E-state index contributed by atoms with van der Waals surface area (Å²) in [6.07, 6.45) is 6.10. The summed E-state index contributed by atoms with van der Waals surface area (Å²) in [6, 6.07) is 5.12. The number of aromatic amines is 1. The van der Waals surface area contributed by atoms with Crippen molar-refractivity contribution in [3.05, 3.63) is 41.3 Å². The molecule has 0 unspecified atom stereocenters. The monoisotopic (exact) mass is 485 g/mol. The Hall–Kier alpha value is -2.97. The Kier molecular flexibility index (Phi) is 4.95. The molecule has 0 aromatic carbocycles. The van der Waals surface area contributed by atoms with Gasteiger partial charge in [0.15, 0.2) is 5.65 Å². The lowest BCUT2D eigenvalue weighted by atomic mass is 9.71. The fourth-order valence-electron chi connectivity index (χ4n) is 6.73. The molecule has 4 aromatic heterocycles. The Morgan fingerprint density at radius 2 is 1.83 bits per heavy atom. The maximum atomic E-state index is 5.55. The van der Waals surface area contributed by atoms with Crippen molar-refractivity contribution in [3.8, 4) is 11.3 Å². The second-order valence-corrected chi connectivity index (χ2v) is 11.6. The van der Waals surface area contributed by atoms with Gasteiger partial charge in [0, 0.05) is 68.2 Å². The van der Waals surface area contributed by atoms with E-state index in [0.717, 1.165) is 66.1 Å². The van der Waals surface area contributed by atoms with Crippen molar-refractivity contribution in [2.75, 3.05) is 44.3 Å². The van der Waals surface area contributed by atoms with Crippen LogP contribution >= 0.6 is 0 Å². The summed E-state index contributed by atoms with van der Waals surface area (Å²) in [5.41, 5.74) is 9.54. The zero-order chi connectivity index (χ0) is 24.6. The van der Waals surface area contributed by atoms with Crippen molar-refractivity contribution in [1.29, 1.82) is 0 Å². The third-order valence-corrected chi connectivity index (χ3v) is 8.80. The maximum absolute atomic E-state index is 5.55. The van der Waals surface area contributed by atoms with Crippen LogP contribution in [0.5, 0.6) is 0 Å². The summed E-state index contributed by atoms with van der Waals surface area (Å²) >= 11 is 0. The van der Waals surface area contributed by atoms with Gasteiger partial charge in [-0.1, -0.05) is 13.8 Å². The number of H-pyrrole nitrogens is 1. The molecular formula is C28H35N7O. The molecule has 3 aliphatic rings. The van der Waals surface area contributed by atoms with Crippen LogP contribution in [0.15, 0.2) is 24.7 Å². The molecule has 1 spiro atoms. The Balaban J connectivity index is 1.18. The van der Waals surface area contributed by atoms with Crippen molar-refractivity contribution in [3.63, 3.8) is 0 Å². The van der Waals surface area contributed by atoms with Crippen LogP contribution in [-0.4, -0.2) is 74.9 Å². The molecule has 3 saturated heterocycles. The van der Waals surface area contributed by atoms with E-state index in [9.17, 15) is 0 Å². The average molecular weight is 486 g/mol. The summed E-state index contributed by atoms with van der Waals surface area (Å²) in [4.78, 5) is 18.5. The molecule has 8 heteroatoms. The Labute approximate surface area is 211 Å². The predicted molar refractivity (Wildman–Crippen MR) is 142 cm³/mol. The summed E-state index contributed by atoms with van der Waals surface area (Å²) in [5, 5.41) is 4.41. The number of aryl methyl sites for hydroxylation is 1. The molecule has 0 atom stereocenters. The molecule has 0 radical (unpaired) electrons. The molecule has 4 aromatic rings. The van der Waals surface area contributed by atoms with Crippen LogP contribution in [0.2, 0.25) is 0 Å². The van der Waals surface area contributed by atoms with Crippen LogP contribution < -0.4 is 4.90 Å². The lowest BCUT2D eigenvalue weighted by molar-refractivity contribution is -0.0773. The fourth-order valence-corrected chi connectivity index (χ4v) is 6.73. The topological polar surface area (TPSA) is 74.6 Å². The van der Waals surface area contributed by atoms with Gasteiger partial charge in [0.2, 0.25) is 0 Å². The van der Waals surface area contributed by atoms with Gasteiger partial charge in [-0.2, -0.15) is 5.10 Å². The average Bonchev–Trinajstić information content (AvgIpc) is 3.44. The number of likely N-dealkylation sites (tertiary alicyclic amines) is 1. The van der Waals surface area contributed by atoms with E-state index in [2.05, 4.69) is 70.9 Å². The van der Waals surface area contributed by atoms with Gasteiger partial charge in [0.05, 0.1) is 16.7 Å². The van der Waals surface area contributed by atoms with Gasteiger partial charge in [-0.15, -0.1) is 0 Å². The second-order valence-electron chi connectivity index (χ2n) is 11.6. The lowest BCUT2D eigenvalue weighted by Gasteiger charge is -2.62. The van der Waals surface area contributed by atoms with E-state index >= 15 is 0 Å². The van der Waals surface area contributed by atoms with Gasteiger partial charge in [0.25, 0.3) is 0 Å². The highest BCUT2D eigenvalue weighted by atomic mass is 16.5. The Morgan fingerprint density at radius 1 is 1.06 bits per heavy atom. The molecular weight excluding hydrogens is 450 g/mol. The van der Waals surface area contributed by atoms with Crippen molar-refractivity contribution in [2.45, 2.75) is 52.5 Å². The minimum atomic E-state index is 0.338. The summed E-state index contributed by atoms with van der Waals surface area (Å²) in [7, 11) is 0. The first kappa shape index (κ1) is 22.2. The standard InChI is InChI=1S/C28H35N7O/c1-17(2)24-25(21-11-35-27(29-16-30-35)19(4)18(21)3)31-22-5-6-23(32-26(22)24)34-14-28(15-34)12-33(13-28)20-7-9-36-10-8-20/h5-6,11,16-17,20,31H,7-10,12-15H2,1-4H3. The predicted octanol–water partition coefficient (Wildman–Crippen LogP) is 4.31. The van der Waals surface area contributed by atoms with Gasteiger partial charge in [-0.3, -0.25) is 4.90 Å². The number of fused-ring (bicyclic) bond motifs is 2. The molecule has 0 aliphatic carbocycles. The molecule has 3 fully saturated rings. The molecule has 0 amide bonds. The van der Waals surface area contributed by atoms with E-state index in [4.69, 9.17) is 9.72 Å². The number of anilines is 1.